The average Bonchev–Trinajstić information content (AvgIpc) is 3.48. The minimum Gasteiger partial charge on any atom is -0.489 e. The summed E-state index contributed by atoms with van der Waals surface area (Å²) in [6.45, 7) is 0.601. The molecule has 27 heavy (non-hydrogen) atoms. The predicted octanol–water partition coefficient (Wildman–Crippen LogP) is 3.61. The highest BCUT2D eigenvalue weighted by Crippen LogP contribution is 2.35. The van der Waals surface area contributed by atoms with Crippen LogP contribution in [0.15, 0.2) is 35.4 Å². The fourth-order valence-corrected chi connectivity index (χ4v) is 3.21. The second kappa shape index (κ2) is 7.19. The monoisotopic (exact) mass is 386 g/mol. The standard InChI is InChI=1S/C19H19FN4O2S/c1-24-9-15(14-7-12(20)5-6-13(14)18(24)25)17-16(26-10-11-3-4-11)8-21-19(22-17)23-27-2/h5-9,11H,3-4,10H2,1-2H3,(H,21,22,23). The molecule has 0 unspecified atom stereocenters. The number of ether oxygens (including phenoxy) is 1. The lowest BCUT2D eigenvalue weighted by molar-refractivity contribution is 0.299. The highest BCUT2D eigenvalue weighted by molar-refractivity contribution is 7.99. The summed E-state index contributed by atoms with van der Waals surface area (Å²) in [7, 11) is 1.67. The van der Waals surface area contributed by atoms with E-state index in [0.717, 1.165) is 12.8 Å². The van der Waals surface area contributed by atoms with Crippen LogP contribution in [0.5, 0.6) is 5.75 Å². The molecule has 6 nitrogen and oxygen atoms in total. The zero-order valence-corrected chi connectivity index (χ0v) is 15.8. The number of aryl methyl sites for hydroxylation is 1. The Hall–Kier alpha value is -2.61. The molecule has 1 N–H and O–H groups in total. The van der Waals surface area contributed by atoms with Crippen LogP contribution >= 0.6 is 11.9 Å². The van der Waals surface area contributed by atoms with Gasteiger partial charge in [-0.15, -0.1) is 0 Å². The Morgan fingerprint density at radius 1 is 1.37 bits per heavy atom. The maximum Gasteiger partial charge on any atom is 0.258 e. The van der Waals surface area contributed by atoms with Crippen molar-refractivity contribution in [3.8, 4) is 17.0 Å². The minimum absolute atomic E-state index is 0.189. The lowest BCUT2D eigenvalue weighted by Gasteiger charge is -2.14. The molecule has 0 amide bonds. The van der Waals surface area contributed by atoms with Crippen LogP contribution in [-0.4, -0.2) is 27.4 Å². The first-order chi connectivity index (χ1) is 13.1. The topological polar surface area (TPSA) is 69.0 Å². The van der Waals surface area contributed by atoms with Crippen LogP contribution in [0.3, 0.4) is 0 Å². The van der Waals surface area contributed by atoms with Crippen LogP contribution in [0, 0.1) is 11.7 Å². The van der Waals surface area contributed by atoms with Crippen molar-refractivity contribution in [1.82, 2.24) is 14.5 Å². The van der Waals surface area contributed by atoms with Crippen molar-refractivity contribution >= 4 is 28.7 Å². The maximum absolute atomic E-state index is 13.9. The van der Waals surface area contributed by atoms with Gasteiger partial charge >= 0.3 is 0 Å². The molecule has 140 valence electrons. The van der Waals surface area contributed by atoms with Crippen LogP contribution in [-0.2, 0) is 7.05 Å². The Morgan fingerprint density at radius 3 is 2.93 bits per heavy atom. The second-order valence-corrected chi connectivity index (χ2v) is 7.23. The number of halogens is 1. The summed E-state index contributed by atoms with van der Waals surface area (Å²) in [5.41, 5.74) is 0.975. The first-order valence-electron chi connectivity index (χ1n) is 8.65. The number of benzene rings is 1. The van der Waals surface area contributed by atoms with Gasteiger partial charge in [-0.3, -0.25) is 9.52 Å². The fourth-order valence-electron chi connectivity index (χ4n) is 2.93. The van der Waals surface area contributed by atoms with Crippen molar-refractivity contribution in [2.45, 2.75) is 12.8 Å². The van der Waals surface area contributed by atoms with Gasteiger partial charge in [0, 0.05) is 35.8 Å². The third kappa shape index (κ3) is 3.62. The molecular weight excluding hydrogens is 367 g/mol. The molecule has 3 aromatic rings. The van der Waals surface area contributed by atoms with Crippen LogP contribution in [0.1, 0.15) is 12.8 Å². The molecule has 1 aliphatic carbocycles. The summed E-state index contributed by atoms with van der Waals surface area (Å²) >= 11 is 1.37. The maximum atomic E-state index is 13.9. The number of hydrogen-bond acceptors (Lipinski definition) is 6. The Kier molecular flexibility index (Phi) is 4.73. The third-order valence-electron chi connectivity index (χ3n) is 4.52. The van der Waals surface area contributed by atoms with Gasteiger partial charge in [-0.05, 0) is 37.0 Å². The highest BCUT2D eigenvalue weighted by Gasteiger charge is 2.24. The van der Waals surface area contributed by atoms with E-state index in [1.807, 2.05) is 6.26 Å². The van der Waals surface area contributed by atoms with Crippen LogP contribution < -0.4 is 15.0 Å². The molecule has 1 saturated carbocycles. The predicted molar refractivity (Wildman–Crippen MR) is 106 cm³/mol. The van der Waals surface area contributed by atoms with E-state index in [0.29, 0.717) is 46.3 Å². The first-order valence-corrected chi connectivity index (χ1v) is 9.87. The van der Waals surface area contributed by atoms with Crippen molar-refractivity contribution in [3.63, 3.8) is 0 Å². The van der Waals surface area contributed by atoms with Gasteiger partial charge in [-0.25, -0.2) is 14.4 Å². The number of fused-ring (bicyclic) bond motifs is 1. The molecule has 2 heterocycles. The second-order valence-electron chi connectivity index (χ2n) is 6.62. The van der Waals surface area contributed by atoms with E-state index in [-0.39, 0.29) is 5.56 Å². The number of nitrogens with zero attached hydrogens (tertiary/aromatic N) is 3. The van der Waals surface area contributed by atoms with E-state index < -0.39 is 5.82 Å². The summed E-state index contributed by atoms with van der Waals surface area (Å²) < 4.78 is 24.4. The first kappa shape index (κ1) is 17.8. The van der Waals surface area contributed by atoms with Gasteiger partial charge in [0.2, 0.25) is 5.95 Å². The summed E-state index contributed by atoms with van der Waals surface area (Å²) in [5.74, 6) is 1.11. The smallest absolute Gasteiger partial charge is 0.258 e. The molecule has 4 rings (SSSR count). The summed E-state index contributed by atoms with van der Waals surface area (Å²) in [4.78, 5) is 21.3. The zero-order chi connectivity index (χ0) is 19.0. The molecule has 1 fully saturated rings. The average molecular weight is 386 g/mol. The molecule has 0 spiro atoms. The molecule has 1 aromatic carbocycles. The third-order valence-corrected chi connectivity index (χ3v) is 4.91. The number of pyridine rings is 1. The molecule has 2 aromatic heterocycles. The van der Waals surface area contributed by atoms with Gasteiger partial charge in [-0.1, -0.05) is 11.9 Å². The molecule has 0 radical (unpaired) electrons. The number of hydrogen-bond donors (Lipinski definition) is 1. The summed E-state index contributed by atoms with van der Waals surface area (Å²) in [5, 5.41) is 0.936. The molecule has 8 heteroatoms. The minimum atomic E-state index is -0.408. The van der Waals surface area contributed by atoms with Crippen LogP contribution in [0.4, 0.5) is 10.3 Å². The molecule has 0 bridgehead atoms. The Bertz CT molecular complexity index is 1070. The van der Waals surface area contributed by atoms with Crippen molar-refractivity contribution in [2.75, 3.05) is 17.6 Å². The van der Waals surface area contributed by atoms with Gasteiger partial charge in [0.05, 0.1) is 12.8 Å². The van der Waals surface area contributed by atoms with E-state index in [4.69, 9.17) is 4.74 Å². The Morgan fingerprint density at radius 2 is 2.19 bits per heavy atom. The van der Waals surface area contributed by atoms with Gasteiger partial charge < -0.3 is 9.30 Å². The molecule has 0 atom stereocenters. The number of rotatable bonds is 6. The van der Waals surface area contributed by atoms with Crippen molar-refractivity contribution in [1.29, 1.82) is 0 Å². The molecule has 0 saturated heterocycles. The van der Waals surface area contributed by atoms with Crippen LogP contribution in [0.25, 0.3) is 22.0 Å². The van der Waals surface area contributed by atoms with E-state index in [2.05, 4.69) is 14.7 Å². The van der Waals surface area contributed by atoms with Crippen molar-refractivity contribution in [2.24, 2.45) is 13.0 Å². The normalized spacial score (nSPS) is 13.7. The Labute approximate surface area is 159 Å². The molecule has 0 aliphatic heterocycles. The summed E-state index contributed by atoms with van der Waals surface area (Å²) in [6.07, 6.45) is 7.49. The lowest BCUT2D eigenvalue weighted by Crippen LogP contribution is -2.17. The molecular formula is C19H19FN4O2S. The Balaban J connectivity index is 1.92. The van der Waals surface area contributed by atoms with Gasteiger partial charge in [0.1, 0.15) is 11.5 Å². The fraction of sp³-hybridized carbons (Fsp3) is 0.316. The SMILES string of the molecule is CSNc1ncc(OCC2CC2)c(-c2cn(C)c(=O)c3ccc(F)cc23)n1. The van der Waals surface area contributed by atoms with Gasteiger partial charge in [0.15, 0.2) is 5.75 Å². The zero-order valence-electron chi connectivity index (χ0n) is 15.0. The van der Waals surface area contributed by atoms with Crippen molar-refractivity contribution < 1.29 is 9.13 Å². The largest absolute Gasteiger partial charge is 0.489 e. The van der Waals surface area contributed by atoms with E-state index in [1.165, 1.54) is 34.7 Å². The van der Waals surface area contributed by atoms with Crippen molar-refractivity contribution in [3.05, 3.63) is 46.8 Å². The quantitative estimate of drug-likeness (QED) is 0.653. The van der Waals surface area contributed by atoms with Gasteiger partial charge in [-0.2, -0.15) is 0 Å². The van der Waals surface area contributed by atoms with Crippen LogP contribution in [0.2, 0.25) is 0 Å². The number of anilines is 1. The van der Waals surface area contributed by atoms with E-state index in [9.17, 15) is 9.18 Å². The van der Waals surface area contributed by atoms with Gasteiger partial charge in [0.25, 0.3) is 5.56 Å². The number of nitrogens with one attached hydrogen (secondary N) is 1. The summed E-state index contributed by atoms with van der Waals surface area (Å²) in [6, 6.07) is 4.16. The number of aromatic nitrogens is 3. The lowest BCUT2D eigenvalue weighted by atomic mass is 10.0. The molecule has 1 aliphatic rings. The van der Waals surface area contributed by atoms with E-state index in [1.54, 1.807) is 19.4 Å². The van der Waals surface area contributed by atoms with E-state index >= 15 is 0 Å². The highest BCUT2D eigenvalue weighted by atomic mass is 32.2.